The Morgan fingerprint density at radius 2 is 1.87 bits per heavy atom. The highest BCUT2D eigenvalue weighted by Crippen LogP contribution is 2.35. The molecule has 1 aromatic rings. The summed E-state index contributed by atoms with van der Waals surface area (Å²) in [4.78, 5) is 12.9. The minimum absolute atomic E-state index is 0. The molecule has 1 heterocycles. The fraction of sp³-hybridized carbons (Fsp3) is 0.759. The van der Waals surface area contributed by atoms with Crippen molar-refractivity contribution in [1.82, 2.24) is 5.32 Å². The molecule has 1 fully saturated rings. The van der Waals surface area contributed by atoms with Gasteiger partial charge in [0.1, 0.15) is 0 Å². The Morgan fingerprint density at radius 3 is 2.47 bits per heavy atom. The molecule has 38 heavy (non-hydrogen) atoms. The first-order valence-corrected chi connectivity index (χ1v) is 13.7. The predicted octanol–water partition coefficient (Wildman–Crippen LogP) is 3.99. The van der Waals surface area contributed by atoms with Gasteiger partial charge in [0.25, 0.3) is 0 Å². The number of nitrogens with two attached hydrogens (primary N) is 1. The minimum Gasteiger partial charge on any atom is -0.493 e. The van der Waals surface area contributed by atoms with Crippen LogP contribution in [0.4, 0.5) is 0 Å². The van der Waals surface area contributed by atoms with Crippen LogP contribution < -0.4 is 20.5 Å². The number of amides is 1. The molecule has 1 saturated heterocycles. The number of carbonyl (C=O) groups excluding carboxylic acids is 1. The van der Waals surface area contributed by atoms with E-state index in [4.69, 9.17) is 24.7 Å². The van der Waals surface area contributed by atoms with Crippen molar-refractivity contribution in [2.24, 2.45) is 28.9 Å². The second kappa shape index (κ2) is 17.2. The molecule has 8 nitrogen and oxygen atoms in total. The van der Waals surface area contributed by atoms with Crippen LogP contribution in [0.25, 0.3) is 0 Å². The SMILES string of the molecule is COCCCOc1cc(CC(CC(N)C(O)CNC(=O)C(C)(C)C2CCOCC2)C(C)C)ccc1OC.Cl. The van der Waals surface area contributed by atoms with Gasteiger partial charge in [-0.2, -0.15) is 0 Å². The van der Waals surface area contributed by atoms with E-state index in [1.807, 2.05) is 26.0 Å². The van der Waals surface area contributed by atoms with Gasteiger partial charge in [-0.3, -0.25) is 4.79 Å². The number of aliphatic hydroxyl groups is 1. The number of ether oxygens (including phenoxy) is 4. The molecular formula is C29H51ClN2O6. The maximum atomic E-state index is 12.9. The van der Waals surface area contributed by atoms with Gasteiger partial charge in [-0.05, 0) is 61.1 Å². The summed E-state index contributed by atoms with van der Waals surface area (Å²) in [7, 11) is 3.31. The third-order valence-corrected chi connectivity index (χ3v) is 7.79. The number of carbonyl (C=O) groups is 1. The predicted molar refractivity (Wildman–Crippen MR) is 153 cm³/mol. The van der Waals surface area contributed by atoms with Gasteiger partial charge in [0.05, 0.1) is 19.8 Å². The van der Waals surface area contributed by atoms with E-state index in [9.17, 15) is 9.90 Å². The van der Waals surface area contributed by atoms with Crippen LogP contribution >= 0.6 is 12.4 Å². The van der Waals surface area contributed by atoms with Gasteiger partial charge in [0.15, 0.2) is 11.5 Å². The average Bonchev–Trinajstić information content (AvgIpc) is 2.89. The molecule has 9 heteroatoms. The van der Waals surface area contributed by atoms with Gasteiger partial charge in [-0.25, -0.2) is 0 Å². The Kier molecular flexibility index (Phi) is 15.6. The molecule has 1 aliphatic rings. The van der Waals surface area contributed by atoms with Gasteiger partial charge in [0.2, 0.25) is 5.91 Å². The molecule has 4 N–H and O–H groups in total. The normalized spacial score (nSPS) is 16.9. The number of halogens is 1. The summed E-state index contributed by atoms with van der Waals surface area (Å²) in [5.74, 6) is 2.28. The maximum absolute atomic E-state index is 12.9. The van der Waals surface area contributed by atoms with E-state index in [0.717, 1.165) is 37.0 Å². The monoisotopic (exact) mass is 558 g/mol. The molecule has 220 valence electrons. The van der Waals surface area contributed by atoms with E-state index >= 15 is 0 Å². The van der Waals surface area contributed by atoms with Crippen molar-refractivity contribution < 1.29 is 28.8 Å². The Bertz CT molecular complexity index is 816. The molecule has 0 aliphatic carbocycles. The molecule has 1 aromatic carbocycles. The van der Waals surface area contributed by atoms with E-state index in [-0.39, 0.29) is 36.7 Å². The molecule has 3 unspecified atom stereocenters. The summed E-state index contributed by atoms with van der Waals surface area (Å²) in [6.07, 6.45) is 3.20. The van der Waals surface area contributed by atoms with Crippen molar-refractivity contribution >= 4 is 18.3 Å². The van der Waals surface area contributed by atoms with E-state index < -0.39 is 17.6 Å². The van der Waals surface area contributed by atoms with E-state index in [0.29, 0.717) is 44.5 Å². The van der Waals surface area contributed by atoms with Crippen molar-refractivity contribution in [1.29, 1.82) is 0 Å². The lowest BCUT2D eigenvalue weighted by atomic mass is 9.74. The Hall–Kier alpha value is -1.58. The first kappa shape index (κ1) is 34.4. The van der Waals surface area contributed by atoms with Gasteiger partial charge in [-0.1, -0.05) is 33.8 Å². The average molecular weight is 559 g/mol. The van der Waals surface area contributed by atoms with Crippen molar-refractivity contribution in [3.05, 3.63) is 23.8 Å². The smallest absolute Gasteiger partial charge is 0.226 e. The summed E-state index contributed by atoms with van der Waals surface area (Å²) >= 11 is 0. The number of benzene rings is 1. The summed E-state index contributed by atoms with van der Waals surface area (Å²) in [5.41, 5.74) is 7.07. The molecule has 2 rings (SSSR count). The van der Waals surface area contributed by atoms with Gasteiger partial charge < -0.3 is 35.1 Å². The van der Waals surface area contributed by atoms with Crippen LogP contribution in [0, 0.1) is 23.2 Å². The Labute approximate surface area is 235 Å². The molecular weight excluding hydrogens is 508 g/mol. The highest BCUT2D eigenvalue weighted by atomic mass is 35.5. The summed E-state index contributed by atoms with van der Waals surface area (Å²) in [6, 6.07) is 5.57. The second-order valence-corrected chi connectivity index (χ2v) is 11.2. The fourth-order valence-corrected chi connectivity index (χ4v) is 4.93. The fourth-order valence-electron chi connectivity index (χ4n) is 4.93. The van der Waals surface area contributed by atoms with E-state index in [1.165, 1.54) is 0 Å². The minimum atomic E-state index is -0.814. The third kappa shape index (κ3) is 10.5. The number of hydrogen-bond donors (Lipinski definition) is 3. The van der Waals surface area contributed by atoms with E-state index in [2.05, 4.69) is 25.2 Å². The molecule has 0 radical (unpaired) electrons. The highest BCUT2D eigenvalue weighted by Gasteiger charge is 2.37. The summed E-state index contributed by atoms with van der Waals surface area (Å²) in [6.45, 7) is 11.0. The Balaban J connectivity index is 0.00000722. The van der Waals surface area contributed by atoms with Crippen LogP contribution in [-0.2, 0) is 20.7 Å². The third-order valence-electron chi connectivity index (χ3n) is 7.79. The maximum Gasteiger partial charge on any atom is 0.226 e. The Morgan fingerprint density at radius 1 is 1.18 bits per heavy atom. The van der Waals surface area contributed by atoms with Crippen LogP contribution in [0.5, 0.6) is 11.5 Å². The molecule has 1 aliphatic heterocycles. The lowest BCUT2D eigenvalue weighted by Crippen LogP contribution is -2.49. The molecule has 0 aromatic heterocycles. The second-order valence-electron chi connectivity index (χ2n) is 11.2. The van der Waals surface area contributed by atoms with Crippen LogP contribution in [0.15, 0.2) is 18.2 Å². The first-order chi connectivity index (χ1) is 17.6. The highest BCUT2D eigenvalue weighted by molar-refractivity contribution is 5.85. The zero-order chi connectivity index (χ0) is 27.4. The molecule has 3 atom stereocenters. The zero-order valence-electron chi connectivity index (χ0n) is 24.2. The zero-order valence-corrected chi connectivity index (χ0v) is 25.0. The molecule has 0 spiro atoms. The summed E-state index contributed by atoms with van der Waals surface area (Å²) < 4.78 is 21.9. The van der Waals surface area contributed by atoms with Crippen LogP contribution in [0.3, 0.4) is 0 Å². The van der Waals surface area contributed by atoms with E-state index in [1.54, 1.807) is 14.2 Å². The van der Waals surface area contributed by atoms with Crippen LogP contribution in [0.2, 0.25) is 0 Å². The molecule has 0 bridgehead atoms. The van der Waals surface area contributed by atoms with Crippen LogP contribution in [-0.4, -0.2) is 70.4 Å². The number of nitrogens with one attached hydrogen (secondary N) is 1. The lowest BCUT2D eigenvalue weighted by Gasteiger charge is -2.36. The number of aliphatic hydroxyl groups excluding tert-OH is 1. The van der Waals surface area contributed by atoms with Gasteiger partial charge in [-0.15, -0.1) is 12.4 Å². The topological polar surface area (TPSA) is 112 Å². The number of rotatable bonds is 16. The quantitative estimate of drug-likeness (QED) is 0.263. The van der Waals surface area contributed by atoms with Crippen molar-refractivity contribution in [3.63, 3.8) is 0 Å². The molecule has 0 saturated carbocycles. The largest absolute Gasteiger partial charge is 0.493 e. The van der Waals surface area contributed by atoms with Crippen molar-refractivity contribution in [2.75, 3.05) is 47.2 Å². The van der Waals surface area contributed by atoms with Crippen molar-refractivity contribution in [3.8, 4) is 11.5 Å². The van der Waals surface area contributed by atoms with Gasteiger partial charge in [0, 0.05) is 51.4 Å². The van der Waals surface area contributed by atoms with Crippen molar-refractivity contribution in [2.45, 2.75) is 71.9 Å². The summed E-state index contributed by atoms with van der Waals surface area (Å²) in [5, 5.41) is 13.7. The van der Waals surface area contributed by atoms with Gasteiger partial charge >= 0.3 is 0 Å². The number of hydrogen-bond acceptors (Lipinski definition) is 7. The molecule has 1 amide bonds. The number of methoxy groups -OCH3 is 2. The van der Waals surface area contributed by atoms with Crippen LogP contribution in [0.1, 0.15) is 58.9 Å². The standard InChI is InChI=1S/C29H50N2O6.ClH/c1-20(2)22(16-21-8-9-26(35-6)27(17-21)37-13-7-12-34-5)18-24(30)25(32)19-31-28(33)29(3,4)23-10-14-36-15-11-23;/h8-9,17,20,22-25,32H,7,10-16,18-19,30H2,1-6H3,(H,31,33);1H. The first-order valence-electron chi connectivity index (χ1n) is 13.7. The lowest BCUT2D eigenvalue weighted by molar-refractivity contribution is -0.134.